The molecule has 0 saturated carbocycles. The van der Waals surface area contributed by atoms with E-state index < -0.39 is 35.2 Å². The van der Waals surface area contributed by atoms with Gasteiger partial charge in [0, 0.05) is 31.5 Å². The molecule has 1 heterocycles. The second-order valence-electron chi connectivity index (χ2n) is 8.38. The highest BCUT2D eigenvalue weighted by atomic mass is 19.3. The summed E-state index contributed by atoms with van der Waals surface area (Å²) in [6.07, 6.45) is -0.851. The molecule has 0 spiro atoms. The number of benzene rings is 1. The van der Waals surface area contributed by atoms with Gasteiger partial charge in [0.2, 0.25) is 5.78 Å². The fourth-order valence-electron chi connectivity index (χ4n) is 3.43. The van der Waals surface area contributed by atoms with Crippen molar-refractivity contribution < 1.29 is 23.1 Å². The molecule has 1 aromatic carbocycles. The number of carbonyl (C=O) groups is 2. The van der Waals surface area contributed by atoms with Gasteiger partial charge in [-0.25, -0.2) is 4.79 Å². The zero-order valence-electron chi connectivity index (χ0n) is 16.5. The molecule has 5 nitrogen and oxygen atoms in total. The van der Waals surface area contributed by atoms with Gasteiger partial charge < -0.3 is 9.64 Å². The maximum absolute atomic E-state index is 14.8. The molecule has 7 heteroatoms. The van der Waals surface area contributed by atoms with Crippen molar-refractivity contribution in [3.63, 3.8) is 0 Å². The van der Waals surface area contributed by atoms with E-state index in [9.17, 15) is 23.6 Å². The summed E-state index contributed by atoms with van der Waals surface area (Å²) in [6, 6.07) is 9.42. The van der Waals surface area contributed by atoms with E-state index >= 15 is 0 Å². The number of alkyl halides is 2. The fraction of sp³-hybridized carbons (Fsp3) is 0.571. The minimum absolute atomic E-state index is 0.0502. The van der Waals surface area contributed by atoms with Crippen molar-refractivity contribution in [2.45, 2.75) is 58.0 Å². The Balaban J connectivity index is 2.10. The molecule has 0 aromatic heterocycles. The number of carbonyl (C=O) groups excluding carboxylic acids is 2. The summed E-state index contributed by atoms with van der Waals surface area (Å²) in [5.74, 6) is -4.81. The fourth-order valence-corrected chi connectivity index (χ4v) is 3.43. The Hall–Kier alpha value is -2.49. The minimum Gasteiger partial charge on any atom is -0.444 e. The van der Waals surface area contributed by atoms with Gasteiger partial charge in [-0.3, -0.25) is 4.79 Å². The van der Waals surface area contributed by atoms with Crippen LogP contribution in [0.15, 0.2) is 30.3 Å². The molecule has 1 aliphatic rings. The molecular formula is C21H26F2N2O3. The Morgan fingerprint density at radius 3 is 2.25 bits per heavy atom. The summed E-state index contributed by atoms with van der Waals surface area (Å²) in [4.78, 5) is 26.0. The van der Waals surface area contributed by atoms with Gasteiger partial charge in [0.05, 0.1) is 6.07 Å². The number of halogens is 2. The summed E-state index contributed by atoms with van der Waals surface area (Å²) in [6.45, 7) is 5.69. The Bertz CT molecular complexity index is 743. The van der Waals surface area contributed by atoms with Gasteiger partial charge in [-0.1, -0.05) is 30.3 Å². The van der Waals surface area contributed by atoms with Crippen LogP contribution in [0.3, 0.4) is 0 Å². The second kappa shape index (κ2) is 8.26. The van der Waals surface area contributed by atoms with Gasteiger partial charge in [-0.15, -0.1) is 0 Å². The van der Waals surface area contributed by atoms with Gasteiger partial charge in [0.25, 0.3) is 0 Å². The van der Waals surface area contributed by atoms with Gasteiger partial charge in [-0.05, 0) is 39.0 Å². The van der Waals surface area contributed by atoms with Crippen molar-refractivity contribution in [3.8, 4) is 6.07 Å². The van der Waals surface area contributed by atoms with Gasteiger partial charge in [0.1, 0.15) is 5.60 Å². The average Bonchev–Trinajstić information content (AvgIpc) is 2.60. The van der Waals surface area contributed by atoms with E-state index in [2.05, 4.69) is 0 Å². The normalized spacial score (nSPS) is 16.9. The number of ether oxygens (including phenoxy) is 1. The first-order valence-corrected chi connectivity index (χ1v) is 9.31. The number of Topliss-reactive ketones (excluding diaryl/α,β-unsaturated/α-hetero) is 1. The Morgan fingerprint density at radius 2 is 1.75 bits per heavy atom. The van der Waals surface area contributed by atoms with Crippen LogP contribution in [0, 0.1) is 16.7 Å². The zero-order valence-corrected chi connectivity index (χ0v) is 16.5. The van der Waals surface area contributed by atoms with Gasteiger partial charge in [-0.2, -0.15) is 14.0 Å². The van der Waals surface area contributed by atoms with Crippen LogP contribution in [-0.2, 0) is 4.74 Å². The molecule has 0 atom stereocenters. The largest absolute Gasteiger partial charge is 0.444 e. The van der Waals surface area contributed by atoms with E-state index in [-0.39, 0.29) is 37.9 Å². The highest BCUT2D eigenvalue weighted by Gasteiger charge is 2.49. The van der Waals surface area contributed by atoms with E-state index in [1.807, 2.05) is 6.07 Å². The van der Waals surface area contributed by atoms with Crippen LogP contribution < -0.4 is 0 Å². The third kappa shape index (κ3) is 5.51. The Kier molecular flexibility index (Phi) is 6.43. The SMILES string of the molecule is CC(C)(C)OC(=O)N1CCC(CC#N)(CC(F)(F)C(=O)c2ccccc2)CC1. The third-order valence-electron chi connectivity index (χ3n) is 4.90. The van der Waals surface area contributed by atoms with Crippen molar-refractivity contribution in [1.82, 2.24) is 4.90 Å². The van der Waals surface area contributed by atoms with Crippen LogP contribution in [0.4, 0.5) is 13.6 Å². The zero-order chi connectivity index (χ0) is 21.0. The van der Waals surface area contributed by atoms with Gasteiger partial charge >= 0.3 is 12.0 Å². The summed E-state index contributed by atoms with van der Waals surface area (Å²) >= 11 is 0. The van der Waals surface area contributed by atoms with Crippen molar-refractivity contribution in [2.75, 3.05) is 13.1 Å². The summed E-state index contributed by atoms with van der Waals surface area (Å²) in [7, 11) is 0. The van der Waals surface area contributed by atoms with Crippen molar-refractivity contribution >= 4 is 11.9 Å². The molecule has 0 aliphatic carbocycles. The highest BCUT2D eigenvalue weighted by molar-refractivity contribution is 6.01. The number of nitriles is 1. The standard InChI is InChI=1S/C21H26F2N2O3/c1-19(2,3)28-18(27)25-13-10-20(9-12-24,11-14-25)15-21(22,23)17(26)16-7-5-4-6-8-16/h4-8H,9-11,13-15H2,1-3H3. The molecule has 2 rings (SSSR count). The summed E-state index contributed by atoms with van der Waals surface area (Å²) in [5, 5.41) is 9.18. The monoisotopic (exact) mass is 392 g/mol. The van der Waals surface area contributed by atoms with E-state index in [0.29, 0.717) is 0 Å². The van der Waals surface area contributed by atoms with Crippen molar-refractivity contribution in [3.05, 3.63) is 35.9 Å². The Labute approximate surface area is 164 Å². The molecule has 1 aromatic rings. The predicted molar refractivity (Wildman–Crippen MR) is 100 cm³/mol. The van der Waals surface area contributed by atoms with Gasteiger partial charge in [0.15, 0.2) is 0 Å². The lowest BCUT2D eigenvalue weighted by molar-refractivity contribution is -0.0420. The number of ketones is 1. The van der Waals surface area contributed by atoms with Crippen LogP contribution in [0.5, 0.6) is 0 Å². The maximum Gasteiger partial charge on any atom is 0.410 e. The average molecular weight is 392 g/mol. The first-order chi connectivity index (χ1) is 13.0. The minimum atomic E-state index is -3.58. The topological polar surface area (TPSA) is 70.4 Å². The molecule has 0 radical (unpaired) electrons. The number of nitrogens with zero attached hydrogens (tertiary/aromatic N) is 2. The smallest absolute Gasteiger partial charge is 0.410 e. The molecule has 1 amide bonds. The lowest BCUT2D eigenvalue weighted by atomic mass is 9.71. The summed E-state index contributed by atoms with van der Waals surface area (Å²) < 4.78 is 34.9. The molecule has 152 valence electrons. The van der Waals surface area contributed by atoms with Crippen molar-refractivity contribution in [2.24, 2.45) is 5.41 Å². The van der Waals surface area contributed by atoms with E-state index in [0.717, 1.165) is 0 Å². The van der Waals surface area contributed by atoms with E-state index in [4.69, 9.17) is 4.74 Å². The second-order valence-corrected chi connectivity index (χ2v) is 8.38. The lowest BCUT2D eigenvalue weighted by Crippen LogP contribution is -2.47. The van der Waals surface area contributed by atoms with Crippen LogP contribution in [0.1, 0.15) is 56.8 Å². The Morgan fingerprint density at radius 1 is 1.18 bits per heavy atom. The van der Waals surface area contributed by atoms with E-state index in [1.54, 1.807) is 26.8 Å². The molecule has 0 bridgehead atoms. The van der Waals surface area contributed by atoms with Crippen LogP contribution in [0.25, 0.3) is 0 Å². The maximum atomic E-state index is 14.8. The number of amides is 1. The van der Waals surface area contributed by atoms with Crippen LogP contribution in [0.2, 0.25) is 0 Å². The number of piperidine rings is 1. The molecule has 0 unspecified atom stereocenters. The molecule has 28 heavy (non-hydrogen) atoms. The molecule has 1 saturated heterocycles. The number of rotatable bonds is 5. The number of hydrogen-bond acceptors (Lipinski definition) is 4. The van der Waals surface area contributed by atoms with E-state index in [1.165, 1.54) is 29.2 Å². The first-order valence-electron chi connectivity index (χ1n) is 9.31. The highest BCUT2D eigenvalue weighted by Crippen LogP contribution is 2.44. The van der Waals surface area contributed by atoms with Crippen LogP contribution in [-0.4, -0.2) is 41.4 Å². The molecular weight excluding hydrogens is 366 g/mol. The molecule has 0 N–H and O–H groups in total. The van der Waals surface area contributed by atoms with Crippen molar-refractivity contribution in [1.29, 1.82) is 5.26 Å². The van der Waals surface area contributed by atoms with Crippen LogP contribution >= 0.6 is 0 Å². The third-order valence-corrected chi connectivity index (χ3v) is 4.90. The first kappa shape index (κ1) is 21.8. The number of likely N-dealkylation sites (tertiary alicyclic amines) is 1. The number of hydrogen-bond donors (Lipinski definition) is 0. The quantitative estimate of drug-likeness (QED) is 0.673. The molecule has 1 aliphatic heterocycles. The summed E-state index contributed by atoms with van der Waals surface area (Å²) in [5.41, 5.74) is -1.71. The lowest BCUT2D eigenvalue weighted by Gasteiger charge is -2.42. The predicted octanol–water partition coefficient (Wildman–Crippen LogP) is 4.83. The molecule has 1 fully saturated rings.